The fourth-order valence-electron chi connectivity index (χ4n) is 2.35. The molecular weight excluding hydrogens is 408 g/mol. The fourth-order valence-corrected chi connectivity index (χ4v) is 4.81. The predicted octanol–water partition coefficient (Wildman–Crippen LogP) is 5.37. The Labute approximate surface area is 178 Å². The Bertz CT molecular complexity index is 747. The predicted molar refractivity (Wildman–Crippen MR) is 119 cm³/mol. The molecule has 1 amide bonds. The van der Waals surface area contributed by atoms with Crippen LogP contribution in [0.15, 0.2) is 5.38 Å². The van der Waals surface area contributed by atoms with Gasteiger partial charge in [0.2, 0.25) is 0 Å². The first-order valence-corrected chi connectivity index (χ1v) is 13.7. The van der Waals surface area contributed by atoms with Crippen molar-refractivity contribution in [3.05, 3.63) is 11.1 Å². The quantitative estimate of drug-likeness (QED) is 0.429. The van der Waals surface area contributed by atoms with Crippen LogP contribution in [-0.2, 0) is 9.53 Å². The zero-order valence-electron chi connectivity index (χ0n) is 18.8. The lowest BCUT2D eigenvalue weighted by Gasteiger charge is -2.35. The van der Waals surface area contributed by atoms with Crippen LogP contribution in [0.25, 0.3) is 0 Å². The van der Waals surface area contributed by atoms with Gasteiger partial charge in [0.25, 0.3) is 0 Å². The summed E-state index contributed by atoms with van der Waals surface area (Å²) in [6, 6.07) is 0. The Balaban J connectivity index is 2.81. The van der Waals surface area contributed by atoms with Gasteiger partial charge in [-0.15, -0.1) is 11.3 Å². The van der Waals surface area contributed by atoms with Crippen molar-refractivity contribution >= 4 is 42.0 Å². The van der Waals surface area contributed by atoms with E-state index >= 15 is 0 Å². The molecule has 0 radical (unpaired) electrons. The summed E-state index contributed by atoms with van der Waals surface area (Å²) in [5.74, 6) is -1.14. The Hall–Kier alpha value is -1.74. The summed E-state index contributed by atoms with van der Waals surface area (Å²) in [6.07, 6.45) is 1.17. The summed E-state index contributed by atoms with van der Waals surface area (Å²) in [7, 11) is -2.03. The largest absolute Gasteiger partial charge is 0.476 e. The molecule has 9 heteroatoms. The van der Waals surface area contributed by atoms with Crippen molar-refractivity contribution in [1.82, 2.24) is 4.98 Å². The zero-order valence-corrected chi connectivity index (χ0v) is 20.6. The van der Waals surface area contributed by atoms with Gasteiger partial charge >= 0.3 is 12.1 Å². The molecule has 7 nitrogen and oxygen atoms in total. The fraction of sp³-hybridized carbons (Fsp3) is 0.700. The van der Waals surface area contributed by atoms with Gasteiger partial charge in [-0.3, -0.25) is 4.90 Å². The van der Waals surface area contributed by atoms with E-state index in [0.29, 0.717) is 31.2 Å². The molecule has 1 aromatic heterocycles. The third kappa shape index (κ3) is 7.22. The maximum absolute atomic E-state index is 12.7. The molecule has 0 fully saturated rings. The smallest absolute Gasteiger partial charge is 0.416 e. The number of carbonyl (C=O) groups excluding carboxylic acids is 2. The molecule has 29 heavy (non-hydrogen) atoms. The Kier molecular flexibility index (Phi) is 8.18. The molecule has 0 saturated carbocycles. The van der Waals surface area contributed by atoms with E-state index in [0.717, 1.165) is 11.3 Å². The van der Waals surface area contributed by atoms with Gasteiger partial charge in [-0.25, -0.2) is 14.6 Å². The lowest BCUT2D eigenvalue weighted by Crippen LogP contribution is -2.46. The molecular formula is C20H34N2O5SSi. The third-order valence-electron chi connectivity index (χ3n) is 5.16. The number of rotatable bonds is 8. The molecule has 0 bridgehead atoms. The van der Waals surface area contributed by atoms with Crippen molar-refractivity contribution in [2.45, 2.75) is 84.5 Å². The van der Waals surface area contributed by atoms with E-state index in [9.17, 15) is 14.4 Å². The van der Waals surface area contributed by atoms with E-state index in [1.165, 1.54) is 10.3 Å². The van der Waals surface area contributed by atoms with Crippen LogP contribution >= 0.6 is 11.3 Å². The number of aromatic carboxylic acids is 1. The number of anilines is 1. The lowest BCUT2D eigenvalue weighted by atomic mass is 10.2. The third-order valence-corrected chi connectivity index (χ3v) is 11.4. The van der Waals surface area contributed by atoms with Gasteiger partial charge in [-0.2, -0.15) is 0 Å². The van der Waals surface area contributed by atoms with Crippen LogP contribution in [0.3, 0.4) is 0 Å². The van der Waals surface area contributed by atoms with Crippen LogP contribution in [0.4, 0.5) is 9.93 Å². The van der Waals surface area contributed by atoms with Gasteiger partial charge < -0.3 is 14.6 Å². The van der Waals surface area contributed by atoms with Crippen LogP contribution < -0.4 is 4.90 Å². The van der Waals surface area contributed by atoms with Crippen LogP contribution in [0, 0.1) is 0 Å². The van der Waals surface area contributed by atoms with Gasteiger partial charge in [0.15, 0.2) is 10.8 Å². The maximum Gasteiger partial charge on any atom is 0.416 e. The van der Waals surface area contributed by atoms with Crippen molar-refractivity contribution in [2.24, 2.45) is 0 Å². The number of unbranched alkanes of at least 4 members (excludes halogenated alkanes) is 1. The van der Waals surface area contributed by atoms with Gasteiger partial charge in [0.05, 0.1) is 0 Å². The molecule has 0 aliphatic heterocycles. The van der Waals surface area contributed by atoms with E-state index < -0.39 is 25.7 Å². The Morgan fingerprint density at radius 1 is 1.14 bits per heavy atom. The number of nitrogens with zero attached hydrogens (tertiary/aromatic N) is 2. The molecule has 1 aromatic rings. The van der Waals surface area contributed by atoms with E-state index in [-0.39, 0.29) is 15.9 Å². The van der Waals surface area contributed by atoms with Crippen molar-refractivity contribution in [2.75, 3.05) is 11.4 Å². The molecule has 0 aromatic carbocycles. The average Bonchev–Trinajstić information content (AvgIpc) is 3.01. The number of carbonyl (C=O) groups is 3. The first-order valence-electron chi connectivity index (χ1n) is 9.79. The molecule has 1 heterocycles. The summed E-state index contributed by atoms with van der Waals surface area (Å²) in [5, 5.41) is 11.1. The van der Waals surface area contributed by atoms with Crippen molar-refractivity contribution in [1.29, 1.82) is 0 Å². The highest BCUT2D eigenvalue weighted by Gasteiger charge is 2.41. The SMILES string of the molecule is CC(C)(C)OC(=O)N(CCCCC(=O)[Si](C)(C)C(C)(C)C)c1nc(C(=O)O)cs1. The number of thiazole rings is 1. The summed E-state index contributed by atoms with van der Waals surface area (Å²) in [6.45, 7) is 16.2. The number of hydrogen-bond acceptors (Lipinski definition) is 6. The monoisotopic (exact) mass is 442 g/mol. The highest BCUT2D eigenvalue weighted by molar-refractivity contribution is 7.14. The molecule has 0 aliphatic rings. The number of carboxylic acids is 1. The highest BCUT2D eigenvalue weighted by atomic mass is 32.1. The number of amides is 1. The second kappa shape index (κ2) is 9.38. The highest BCUT2D eigenvalue weighted by Crippen LogP contribution is 2.37. The summed E-state index contributed by atoms with van der Waals surface area (Å²) >= 11 is 1.09. The number of ether oxygens (including phenoxy) is 1. The van der Waals surface area contributed by atoms with Crippen molar-refractivity contribution < 1.29 is 24.2 Å². The summed E-state index contributed by atoms with van der Waals surface area (Å²) in [4.78, 5) is 41.8. The molecule has 0 atom stereocenters. The molecule has 0 saturated heterocycles. The van der Waals surface area contributed by atoms with E-state index in [1.54, 1.807) is 20.8 Å². The standard InChI is InChI=1S/C20H34N2O5SSi/c1-19(2,3)27-18(26)22(17-21-14(13-28-17)16(24)25)12-10-9-11-15(23)29(7,8)20(4,5)6/h13H,9-12H2,1-8H3,(H,24,25). The zero-order chi connectivity index (χ0) is 22.6. The summed E-state index contributed by atoms with van der Waals surface area (Å²) < 4.78 is 5.45. The first-order chi connectivity index (χ1) is 13.1. The second-order valence-electron chi connectivity index (χ2n) is 9.71. The van der Waals surface area contributed by atoms with Crippen molar-refractivity contribution in [3.8, 4) is 0 Å². The molecule has 1 rings (SSSR count). The molecule has 164 valence electrons. The van der Waals surface area contributed by atoms with Gasteiger partial charge in [-0.05, 0) is 38.7 Å². The molecule has 0 spiro atoms. The number of aromatic nitrogens is 1. The molecule has 0 unspecified atom stereocenters. The van der Waals surface area contributed by atoms with E-state index in [2.05, 4.69) is 38.8 Å². The Morgan fingerprint density at radius 2 is 1.72 bits per heavy atom. The van der Waals surface area contributed by atoms with Gasteiger partial charge in [0.1, 0.15) is 19.1 Å². The average molecular weight is 443 g/mol. The number of hydrogen-bond donors (Lipinski definition) is 1. The minimum atomic E-state index is -2.03. The maximum atomic E-state index is 12.7. The molecule has 0 aliphatic carbocycles. The van der Waals surface area contributed by atoms with E-state index in [4.69, 9.17) is 9.84 Å². The van der Waals surface area contributed by atoms with Crippen LogP contribution in [0.2, 0.25) is 18.1 Å². The number of carboxylic acid groups (broad SMARTS) is 1. The van der Waals surface area contributed by atoms with E-state index in [1.807, 2.05) is 0 Å². The van der Waals surface area contributed by atoms with Crippen molar-refractivity contribution in [3.63, 3.8) is 0 Å². The Morgan fingerprint density at radius 3 is 2.17 bits per heavy atom. The first kappa shape index (κ1) is 25.3. The minimum absolute atomic E-state index is 0.000749. The summed E-state index contributed by atoms with van der Waals surface area (Å²) in [5.41, 5.74) is -0.785. The van der Waals surface area contributed by atoms with Crippen LogP contribution in [0.1, 0.15) is 71.3 Å². The van der Waals surface area contributed by atoms with Crippen LogP contribution in [0.5, 0.6) is 0 Å². The normalized spacial score (nSPS) is 12.6. The van der Waals surface area contributed by atoms with Gasteiger partial charge in [-0.1, -0.05) is 33.9 Å². The molecule has 1 N–H and O–H groups in total. The van der Waals surface area contributed by atoms with Gasteiger partial charge in [0, 0.05) is 18.3 Å². The van der Waals surface area contributed by atoms with Crippen LogP contribution in [-0.4, -0.2) is 47.8 Å². The topological polar surface area (TPSA) is 96.8 Å². The lowest BCUT2D eigenvalue weighted by molar-refractivity contribution is -0.113. The minimum Gasteiger partial charge on any atom is -0.476 e. The second-order valence-corrected chi connectivity index (χ2v) is 15.9.